The maximum absolute atomic E-state index is 13.1. The van der Waals surface area contributed by atoms with Gasteiger partial charge in [0, 0.05) is 5.56 Å². The Morgan fingerprint density at radius 3 is 2.04 bits per heavy atom. The monoisotopic (exact) mass is 386 g/mol. The molecule has 0 aliphatic rings. The Morgan fingerprint density at radius 2 is 1.40 bits per heavy atom. The standard InChI is InChI=1S/C20H13Cl2O2P/c21-16-11-6-12-17(22)18(16)19(23)14-9-4-5-10-15(14)20(25-24)13-7-2-1-3-8-13/h1-12,20H. The van der Waals surface area contributed by atoms with Crippen LogP contribution in [-0.4, -0.2) is 5.78 Å². The molecule has 3 rings (SSSR count). The summed E-state index contributed by atoms with van der Waals surface area (Å²) in [6.45, 7) is 0. The molecule has 3 aromatic carbocycles. The van der Waals surface area contributed by atoms with E-state index in [1.165, 1.54) is 0 Å². The van der Waals surface area contributed by atoms with Crippen molar-refractivity contribution < 1.29 is 9.36 Å². The molecular weight excluding hydrogens is 374 g/mol. The van der Waals surface area contributed by atoms with Crippen LogP contribution < -0.4 is 0 Å². The molecule has 3 aromatic rings. The summed E-state index contributed by atoms with van der Waals surface area (Å²) in [6, 6.07) is 21.5. The molecule has 0 radical (unpaired) electrons. The highest BCUT2D eigenvalue weighted by Crippen LogP contribution is 2.38. The summed E-state index contributed by atoms with van der Waals surface area (Å²) in [4.78, 5) is 13.1. The molecule has 0 amide bonds. The van der Waals surface area contributed by atoms with Crippen LogP contribution in [0.5, 0.6) is 0 Å². The SMILES string of the molecule is O=PC(c1ccccc1)c1ccccc1C(=O)c1c(Cl)cccc1Cl. The molecule has 2 nitrogen and oxygen atoms in total. The number of rotatable bonds is 5. The molecule has 5 heteroatoms. The third kappa shape index (κ3) is 3.67. The van der Waals surface area contributed by atoms with Crippen LogP contribution in [0.4, 0.5) is 0 Å². The first-order valence-electron chi connectivity index (χ1n) is 7.58. The summed E-state index contributed by atoms with van der Waals surface area (Å²) < 4.78 is 11.9. The largest absolute Gasteiger partial charge is 0.288 e. The highest BCUT2D eigenvalue weighted by Gasteiger charge is 2.24. The van der Waals surface area contributed by atoms with E-state index >= 15 is 0 Å². The number of hydrogen-bond donors (Lipinski definition) is 0. The molecule has 1 unspecified atom stereocenters. The van der Waals surface area contributed by atoms with Gasteiger partial charge in [-0.05, 0) is 23.3 Å². The van der Waals surface area contributed by atoms with Gasteiger partial charge in [-0.2, -0.15) is 0 Å². The van der Waals surface area contributed by atoms with E-state index in [0.717, 1.165) is 5.56 Å². The summed E-state index contributed by atoms with van der Waals surface area (Å²) >= 11 is 12.4. The van der Waals surface area contributed by atoms with Gasteiger partial charge in [-0.3, -0.25) is 9.36 Å². The van der Waals surface area contributed by atoms with Crippen LogP contribution in [0.3, 0.4) is 0 Å². The highest BCUT2D eigenvalue weighted by atomic mass is 35.5. The third-order valence-corrected chi connectivity index (χ3v) is 5.33. The molecule has 0 saturated carbocycles. The van der Waals surface area contributed by atoms with Crippen molar-refractivity contribution in [3.05, 3.63) is 105 Å². The lowest BCUT2D eigenvalue weighted by molar-refractivity contribution is 0.103. The number of carbonyl (C=O) groups excluding carboxylic acids is 1. The predicted molar refractivity (Wildman–Crippen MR) is 102 cm³/mol. The molecule has 0 aliphatic heterocycles. The number of carbonyl (C=O) groups is 1. The van der Waals surface area contributed by atoms with Crippen LogP contribution in [0.15, 0.2) is 72.8 Å². The molecule has 0 aromatic heterocycles. The maximum Gasteiger partial charge on any atom is 0.196 e. The lowest BCUT2D eigenvalue weighted by atomic mass is 9.94. The third-order valence-electron chi connectivity index (χ3n) is 3.91. The number of halogens is 2. The zero-order valence-electron chi connectivity index (χ0n) is 13.0. The summed E-state index contributed by atoms with van der Waals surface area (Å²) in [5.41, 5.74) is 1.79. The first-order chi connectivity index (χ1) is 12.1. The molecular formula is C20H13Cl2O2P. The molecule has 0 heterocycles. The van der Waals surface area contributed by atoms with Gasteiger partial charge >= 0.3 is 0 Å². The van der Waals surface area contributed by atoms with E-state index in [1.807, 2.05) is 36.4 Å². The van der Waals surface area contributed by atoms with Crippen LogP contribution in [-0.2, 0) is 4.57 Å². The van der Waals surface area contributed by atoms with Crippen LogP contribution in [0.25, 0.3) is 0 Å². The summed E-state index contributed by atoms with van der Waals surface area (Å²) in [6.07, 6.45) is 0. The first kappa shape index (κ1) is 17.8. The summed E-state index contributed by atoms with van der Waals surface area (Å²) in [7, 11) is -0.0900. The Hall–Kier alpha value is -1.99. The van der Waals surface area contributed by atoms with Gasteiger partial charge in [0.2, 0.25) is 0 Å². The van der Waals surface area contributed by atoms with Crippen LogP contribution in [0.1, 0.15) is 32.7 Å². The molecule has 0 saturated heterocycles. The quantitative estimate of drug-likeness (QED) is 0.365. The fraction of sp³-hybridized carbons (Fsp3) is 0.0500. The minimum Gasteiger partial charge on any atom is -0.288 e. The number of ketones is 1. The second-order valence-corrected chi connectivity index (χ2v) is 6.97. The van der Waals surface area contributed by atoms with E-state index < -0.39 is 5.66 Å². The Morgan fingerprint density at radius 1 is 0.800 bits per heavy atom. The van der Waals surface area contributed by atoms with Crippen molar-refractivity contribution >= 4 is 37.4 Å². The van der Waals surface area contributed by atoms with E-state index in [-0.39, 0.29) is 19.8 Å². The second-order valence-electron chi connectivity index (χ2n) is 5.43. The van der Waals surface area contributed by atoms with Crippen molar-refractivity contribution in [1.29, 1.82) is 0 Å². The summed E-state index contributed by atoms with van der Waals surface area (Å²) in [5, 5.41) is 0.589. The van der Waals surface area contributed by atoms with E-state index in [0.29, 0.717) is 21.2 Å². The van der Waals surface area contributed by atoms with Crippen molar-refractivity contribution in [3.8, 4) is 0 Å². The van der Waals surface area contributed by atoms with Crippen molar-refractivity contribution in [3.63, 3.8) is 0 Å². The van der Waals surface area contributed by atoms with Crippen LogP contribution in [0.2, 0.25) is 10.0 Å². The molecule has 0 N–H and O–H groups in total. The second kappa shape index (κ2) is 7.93. The van der Waals surface area contributed by atoms with E-state index in [1.54, 1.807) is 36.4 Å². The maximum atomic E-state index is 13.1. The van der Waals surface area contributed by atoms with Gasteiger partial charge in [0.25, 0.3) is 0 Å². The zero-order chi connectivity index (χ0) is 17.8. The molecule has 0 aliphatic carbocycles. The van der Waals surface area contributed by atoms with Crippen molar-refractivity contribution in [1.82, 2.24) is 0 Å². The lowest BCUT2D eigenvalue weighted by Crippen LogP contribution is -2.08. The van der Waals surface area contributed by atoms with Crippen LogP contribution in [0, 0.1) is 0 Å². The van der Waals surface area contributed by atoms with Gasteiger partial charge in [0.05, 0.1) is 21.3 Å². The lowest BCUT2D eigenvalue weighted by Gasteiger charge is -2.15. The number of hydrogen-bond acceptors (Lipinski definition) is 2. The normalized spacial score (nSPS) is 12.1. The van der Waals surface area contributed by atoms with Crippen molar-refractivity contribution in [2.75, 3.05) is 0 Å². The summed E-state index contributed by atoms with van der Waals surface area (Å²) in [5.74, 6) is -0.282. The molecule has 0 fully saturated rings. The molecule has 25 heavy (non-hydrogen) atoms. The smallest absolute Gasteiger partial charge is 0.196 e. The Balaban J connectivity index is 2.13. The molecule has 0 spiro atoms. The Kier molecular flexibility index (Phi) is 5.65. The van der Waals surface area contributed by atoms with E-state index in [2.05, 4.69) is 0 Å². The van der Waals surface area contributed by atoms with Crippen molar-refractivity contribution in [2.45, 2.75) is 5.66 Å². The average molecular weight is 387 g/mol. The Labute approximate surface area is 157 Å². The fourth-order valence-corrected chi connectivity index (χ4v) is 3.93. The van der Waals surface area contributed by atoms with Gasteiger partial charge in [-0.25, -0.2) is 0 Å². The van der Waals surface area contributed by atoms with E-state index in [9.17, 15) is 9.36 Å². The van der Waals surface area contributed by atoms with E-state index in [4.69, 9.17) is 23.2 Å². The molecule has 0 bridgehead atoms. The topological polar surface area (TPSA) is 34.1 Å². The van der Waals surface area contributed by atoms with Gasteiger partial charge in [-0.15, -0.1) is 0 Å². The van der Waals surface area contributed by atoms with Gasteiger partial charge < -0.3 is 0 Å². The fourth-order valence-electron chi connectivity index (χ4n) is 2.72. The van der Waals surface area contributed by atoms with Gasteiger partial charge in [0.1, 0.15) is 0 Å². The predicted octanol–water partition coefficient (Wildman–Crippen LogP) is 6.61. The van der Waals surface area contributed by atoms with Crippen LogP contribution >= 0.6 is 31.7 Å². The minimum atomic E-state index is -0.442. The first-order valence-corrected chi connectivity index (χ1v) is 9.22. The highest BCUT2D eigenvalue weighted by molar-refractivity contribution is 7.24. The Bertz CT molecular complexity index is 906. The minimum absolute atomic E-state index is 0.0900. The molecule has 1 atom stereocenters. The average Bonchev–Trinajstić information content (AvgIpc) is 2.63. The van der Waals surface area contributed by atoms with Crippen molar-refractivity contribution in [2.24, 2.45) is 0 Å². The van der Waals surface area contributed by atoms with Gasteiger partial charge in [-0.1, -0.05) is 83.9 Å². The van der Waals surface area contributed by atoms with Gasteiger partial charge in [0.15, 0.2) is 14.2 Å². The number of benzene rings is 3. The zero-order valence-corrected chi connectivity index (χ0v) is 15.4. The molecule has 124 valence electrons.